The maximum absolute atomic E-state index is 14.1. The molecule has 2 nitrogen and oxygen atoms in total. The fraction of sp³-hybridized carbons (Fsp3) is 0.429. The van der Waals surface area contributed by atoms with Gasteiger partial charge in [0.1, 0.15) is 5.75 Å². The van der Waals surface area contributed by atoms with Crippen LogP contribution in [0.4, 0.5) is 48.3 Å². The second-order valence-electron chi connectivity index (χ2n) is 5.59. The molecule has 158 valence electrons. The van der Waals surface area contributed by atoms with Gasteiger partial charge in [-0.25, -0.2) is 0 Å². The Bertz CT molecular complexity index is 803. The zero-order chi connectivity index (χ0) is 22.0. The highest BCUT2D eigenvalue weighted by molar-refractivity contribution is 6.32. The third-order valence-electron chi connectivity index (χ3n) is 3.73. The quantitative estimate of drug-likeness (QED) is 0.611. The van der Waals surface area contributed by atoms with Gasteiger partial charge in [-0.3, -0.25) is 0 Å². The third-order valence-corrected chi connectivity index (χ3v) is 4.03. The van der Waals surface area contributed by atoms with Crippen LogP contribution in [-0.4, -0.2) is 40.8 Å². The number of benzene rings is 1. The van der Waals surface area contributed by atoms with Crippen molar-refractivity contribution in [2.75, 3.05) is 0 Å². The number of ether oxygens (including phenoxy) is 1. The molecule has 28 heavy (non-hydrogen) atoms. The van der Waals surface area contributed by atoms with E-state index in [-0.39, 0.29) is 11.6 Å². The maximum atomic E-state index is 14.1. The first-order chi connectivity index (χ1) is 12.3. The highest BCUT2D eigenvalue weighted by Gasteiger charge is 2.90. The van der Waals surface area contributed by atoms with Crippen LogP contribution in [-0.2, 0) is 0 Å². The SMILES string of the molecule is OC1(C(F)(F)C(F)(F)C(F)(F)C(F)(F)C(F)(F)F)C=Cc2cccc(Cl)c2O1. The van der Waals surface area contributed by atoms with Crippen LogP contribution in [0.2, 0.25) is 5.02 Å². The molecule has 0 fully saturated rings. The Kier molecular flexibility index (Phi) is 4.92. The molecule has 1 aromatic carbocycles. The van der Waals surface area contributed by atoms with E-state index in [9.17, 15) is 53.4 Å². The Morgan fingerprint density at radius 1 is 0.821 bits per heavy atom. The van der Waals surface area contributed by atoms with E-state index in [0.717, 1.165) is 12.1 Å². The number of rotatable bonds is 4. The first-order valence-corrected chi connectivity index (χ1v) is 7.18. The van der Waals surface area contributed by atoms with Crippen LogP contribution in [0.3, 0.4) is 0 Å². The van der Waals surface area contributed by atoms with Crippen LogP contribution in [0, 0.1) is 0 Å². The highest BCUT2D eigenvalue weighted by atomic mass is 35.5. The molecule has 1 N–H and O–H groups in total. The maximum Gasteiger partial charge on any atom is 0.460 e. The molecule has 0 bridgehead atoms. The van der Waals surface area contributed by atoms with E-state index in [4.69, 9.17) is 11.6 Å². The van der Waals surface area contributed by atoms with E-state index in [1.54, 1.807) is 0 Å². The van der Waals surface area contributed by atoms with Gasteiger partial charge >= 0.3 is 29.9 Å². The largest absolute Gasteiger partial charge is 0.460 e. The summed E-state index contributed by atoms with van der Waals surface area (Å²) in [5.41, 5.74) is -0.205. The average molecular weight is 451 g/mol. The van der Waals surface area contributed by atoms with Crippen molar-refractivity contribution in [3.05, 3.63) is 34.9 Å². The van der Waals surface area contributed by atoms with Crippen LogP contribution in [0.5, 0.6) is 5.75 Å². The lowest BCUT2D eigenvalue weighted by Crippen LogP contribution is -2.72. The minimum Gasteiger partial charge on any atom is -0.450 e. The fourth-order valence-corrected chi connectivity index (χ4v) is 2.34. The summed E-state index contributed by atoms with van der Waals surface area (Å²) < 4.78 is 149. The lowest BCUT2D eigenvalue weighted by Gasteiger charge is -2.43. The number of halogens is 12. The molecule has 0 radical (unpaired) electrons. The molecule has 0 spiro atoms. The van der Waals surface area contributed by atoms with Gasteiger partial charge in [0.25, 0.3) is 5.79 Å². The first kappa shape index (κ1) is 22.5. The molecule has 14 heteroatoms. The summed E-state index contributed by atoms with van der Waals surface area (Å²) in [5, 5.41) is 9.10. The lowest BCUT2D eigenvalue weighted by molar-refractivity contribution is -0.444. The minimum atomic E-state index is -7.67. The van der Waals surface area contributed by atoms with Crippen molar-refractivity contribution in [1.29, 1.82) is 0 Å². The summed E-state index contributed by atoms with van der Waals surface area (Å²) in [7, 11) is 0. The van der Waals surface area contributed by atoms with Crippen LogP contribution in [0.25, 0.3) is 6.08 Å². The van der Waals surface area contributed by atoms with Gasteiger partial charge in [0.05, 0.1) is 5.02 Å². The zero-order valence-corrected chi connectivity index (χ0v) is 13.5. The molecule has 1 aliphatic heterocycles. The number of alkyl halides is 11. The number of hydrogen-bond donors (Lipinski definition) is 1. The Labute approximate surface area is 153 Å². The summed E-state index contributed by atoms with van der Waals surface area (Å²) in [6.45, 7) is 0. The normalized spacial score (nSPS) is 21.3. The van der Waals surface area contributed by atoms with Gasteiger partial charge in [0.2, 0.25) is 0 Å². The second-order valence-corrected chi connectivity index (χ2v) is 5.99. The molecule has 1 aromatic rings. The smallest absolute Gasteiger partial charge is 0.450 e. The van der Waals surface area contributed by atoms with Crippen LogP contribution in [0.15, 0.2) is 24.3 Å². The van der Waals surface area contributed by atoms with Crippen molar-refractivity contribution in [2.45, 2.75) is 35.7 Å². The highest BCUT2D eigenvalue weighted by Crippen LogP contribution is 2.60. The van der Waals surface area contributed by atoms with Gasteiger partial charge in [-0.2, -0.15) is 48.3 Å². The summed E-state index contributed by atoms with van der Waals surface area (Å²) >= 11 is 5.54. The topological polar surface area (TPSA) is 29.5 Å². The monoisotopic (exact) mass is 450 g/mol. The molecule has 0 saturated heterocycles. The third kappa shape index (κ3) is 2.81. The molecule has 1 atom stereocenters. The Hall–Kier alpha value is -1.76. The molecule has 0 saturated carbocycles. The molecule has 0 aromatic heterocycles. The lowest BCUT2D eigenvalue weighted by atomic mass is 9.91. The number of hydrogen-bond acceptors (Lipinski definition) is 2. The van der Waals surface area contributed by atoms with Crippen molar-refractivity contribution in [3.8, 4) is 5.75 Å². The van der Waals surface area contributed by atoms with Gasteiger partial charge in [0.15, 0.2) is 0 Å². The standard InChI is InChI=1S/C14H6ClF11O2/c15-7-3-1-2-6-4-5-9(27,28-8(6)7)10(16,17)11(18,19)12(20,21)13(22,23)14(24,25)26/h1-5,27H. The summed E-state index contributed by atoms with van der Waals surface area (Å²) in [6, 6.07) is 3.26. The van der Waals surface area contributed by atoms with Gasteiger partial charge in [-0.05, 0) is 18.2 Å². The molecule has 2 rings (SSSR count). The van der Waals surface area contributed by atoms with E-state index < -0.39 is 46.4 Å². The summed E-state index contributed by atoms with van der Waals surface area (Å²) in [5.74, 6) is -35.0. The van der Waals surface area contributed by atoms with E-state index in [1.165, 1.54) is 6.07 Å². The molecule has 1 heterocycles. The average Bonchev–Trinajstić information content (AvgIpc) is 2.54. The predicted molar refractivity (Wildman–Crippen MR) is 71.9 cm³/mol. The molecule has 1 aliphatic rings. The number of aliphatic hydroxyl groups is 1. The molecular formula is C14H6ClF11O2. The van der Waals surface area contributed by atoms with E-state index in [2.05, 4.69) is 4.74 Å². The number of fused-ring (bicyclic) bond motifs is 1. The Morgan fingerprint density at radius 3 is 1.86 bits per heavy atom. The Morgan fingerprint density at radius 2 is 1.36 bits per heavy atom. The fourth-order valence-electron chi connectivity index (χ4n) is 2.12. The van der Waals surface area contributed by atoms with Crippen molar-refractivity contribution in [2.24, 2.45) is 0 Å². The van der Waals surface area contributed by atoms with Crippen molar-refractivity contribution < 1.29 is 58.1 Å². The van der Waals surface area contributed by atoms with Gasteiger partial charge in [-0.1, -0.05) is 23.7 Å². The molecular weight excluding hydrogens is 445 g/mol. The van der Waals surface area contributed by atoms with Gasteiger partial charge in [-0.15, -0.1) is 0 Å². The Balaban J connectivity index is 2.58. The predicted octanol–water partition coefficient (Wildman–Crippen LogP) is 5.54. The summed E-state index contributed by atoms with van der Waals surface area (Å²) in [4.78, 5) is 0. The number of para-hydroxylation sites is 1. The van der Waals surface area contributed by atoms with Crippen molar-refractivity contribution in [1.82, 2.24) is 0 Å². The molecule has 0 amide bonds. The molecule has 1 unspecified atom stereocenters. The van der Waals surface area contributed by atoms with Crippen LogP contribution in [0.1, 0.15) is 5.56 Å². The van der Waals surface area contributed by atoms with Gasteiger partial charge in [0, 0.05) is 5.56 Å². The van der Waals surface area contributed by atoms with Gasteiger partial charge < -0.3 is 9.84 Å². The van der Waals surface area contributed by atoms with E-state index in [0.29, 0.717) is 6.08 Å². The zero-order valence-electron chi connectivity index (χ0n) is 12.8. The molecule has 0 aliphatic carbocycles. The van der Waals surface area contributed by atoms with E-state index >= 15 is 0 Å². The second kappa shape index (κ2) is 6.12. The van der Waals surface area contributed by atoms with E-state index in [1.807, 2.05) is 0 Å². The minimum absolute atomic E-state index is 0.205. The van der Waals surface area contributed by atoms with Crippen LogP contribution >= 0.6 is 11.6 Å². The first-order valence-electron chi connectivity index (χ1n) is 6.80. The van der Waals surface area contributed by atoms with Crippen LogP contribution < -0.4 is 4.74 Å². The summed E-state index contributed by atoms with van der Waals surface area (Å²) in [6.07, 6.45) is -7.16. The van der Waals surface area contributed by atoms with Crippen molar-refractivity contribution in [3.63, 3.8) is 0 Å². The van der Waals surface area contributed by atoms with Crippen molar-refractivity contribution >= 4 is 17.7 Å².